The van der Waals surface area contributed by atoms with Crippen LogP contribution >= 0.6 is 0 Å². The van der Waals surface area contributed by atoms with Gasteiger partial charge < -0.3 is 14.6 Å². The lowest BCUT2D eigenvalue weighted by molar-refractivity contribution is 0.202. The number of benzene rings is 1. The molecule has 0 aliphatic carbocycles. The molecule has 1 saturated heterocycles. The summed E-state index contributed by atoms with van der Waals surface area (Å²) in [5.41, 5.74) is 0.840. The van der Waals surface area contributed by atoms with Crippen molar-refractivity contribution >= 4 is 16.1 Å². The number of rotatable bonds is 6. The first-order chi connectivity index (χ1) is 13.0. The molecule has 2 amide bonds. The average molecular weight is 391 g/mol. The molecule has 0 bridgehead atoms. The van der Waals surface area contributed by atoms with E-state index < -0.39 is 10.0 Å². The third-order valence-corrected chi connectivity index (χ3v) is 6.55. The number of amides is 2. The number of piperidine rings is 1. The molecule has 1 aromatic heterocycles. The molecule has 7 nitrogen and oxygen atoms in total. The van der Waals surface area contributed by atoms with E-state index in [9.17, 15) is 13.2 Å². The summed E-state index contributed by atoms with van der Waals surface area (Å²) in [6, 6.07) is 10.1. The minimum Gasteiger partial charge on any atom is -0.467 e. The fraction of sp³-hybridized carbons (Fsp3) is 0.421. The van der Waals surface area contributed by atoms with Crippen LogP contribution in [0.25, 0.3) is 0 Å². The van der Waals surface area contributed by atoms with Crippen molar-refractivity contribution in [1.29, 1.82) is 0 Å². The van der Waals surface area contributed by atoms with E-state index in [0.29, 0.717) is 36.8 Å². The van der Waals surface area contributed by atoms with Crippen LogP contribution in [0, 0.1) is 0 Å². The molecule has 0 spiro atoms. The van der Waals surface area contributed by atoms with E-state index in [-0.39, 0.29) is 6.03 Å². The Bertz CT molecular complexity index is 842. The molecule has 1 fully saturated rings. The topological polar surface area (TPSA) is 82.9 Å². The van der Waals surface area contributed by atoms with E-state index >= 15 is 0 Å². The number of nitrogens with one attached hydrogen (secondary N) is 1. The van der Waals surface area contributed by atoms with Crippen LogP contribution in [-0.4, -0.2) is 43.8 Å². The molecule has 0 atom stereocenters. The number of furan rings is 1. The van der Waals surface area contributed by atoms with E-state index in [0.717, 1.165) is 24.8 Å². The van der Waals surface area contributed by atoms with Gasteiger partial charge in [0.25, 0.3) is 0 Å². The number of urea groups is 1. The predicted molar refractivity (Wildman–Crippen MR) is 101 cm³/mol. The van der Waals surface area contributed by atoms with Crippen molar-refractivity contribution in [2.75, 3.05) is 20.1 Å². The fourth-order valence-corrected chi connectivity index (χ4v) is 4.57. The molecule has 0 saturated carbocycles. The molecule has 1 aromatic carbocycles. The highest BCUT2D eigenvalue weighted by atomic mass is 32.2. The molecule has 1 N–H and O–H groups in total. The van der Waals surface area contributed by atoms with E-state index in [1.165, 1.54) is 4.90 Å². The van der Waals surface area contributed by atoms with Gasteiger partial charge in [0.2, 0.25) is 10.0 Å². The molecule has 2 heterocycles. The number of carbonyl (C=O) groups is 1. The van der Waals surface area contributed by atoms with Crippen LogP contribution in [0.3, 0.4) is 0 Å². The van der Waals surface area contributed by atoms with Gasteiger partial charge in [-0.15, -0.1) is 0 Å². The second-order valence-corrected chi connectivity index (χ2v) is 8.64. The molecule has 1 aliphatic heterocycles. The van der Waals surface area contributed by atoms with Gasteiger partial charge >= 0.3 is 6.03 Å². The molecule has 0 radical (unpaired) electrons. The van der Waals surface area contributed by atoms with E-state index in [1.807, 2.05) is 6.07 Å². The second kappa shape index (κ2) is 8.58. The lowest BCUT2D eigenvalue weighted by atomic mass is 10.2. The van der Waals surface area contributed by atoms with Crippen molar-refractivity contribution in [1.82, 2.24) is 14.5 Å². The number of sulfonamides is 1. The van der Waals surface area contributed by atoms with Gasteiger partial charge in [0, 0.05) is 26.7 Å². The van der Waals surface area contributed by atoms with Crippen molar-refractivity contribution in [3.8, 4) is 0 Å². The first kappa shape index (κ1) is 19.4. The lowest BCUT2D eigenvalue weighted by Crippen LogP contribution is -2.36. The summed E-state index contributed by atoms with van der Waals surface area (Å²) in [6.45, 7) is 1.88. The maximum absolute atomic E-state index is 12.6. The van der Waals surface area contributed by atoms with Crippen molar-refractivity contribution < 1.29 is 17.6 Å². The SMILES string of the molecule is CN(Cc1ccco1)C(=O)NCc1ccc(S(=O)(=O)N2CCCCC2)cc1. The summed E-state index contributed by atoms with van der Waals surface area (Å²) in [5.74, 6) is 0.708. The normalized spacial score (nSPS) is 15.4. The van der Waals surface area contributed by atoms with Gasteiger partial charge in [-0.25, -0.2) is 13.2 Å². The highest BCUT2D eigenvalue weighted by Crippen LogP contribution is 2.20. The van der Waals surface area contributed by atoms with Crippen molar-refractivity contribution in [2.24, 2.45) is 0 Å². The lowest BCUT2D eigenvalue weighted by Gasteiger charge is -2.25. The van der Waals surface area contributed by atoms with Gasteiger partial charge in [0.15, 0.2) is 0 Å². The summed E-state index contributed by atoms with van der Waals surface area (Å²) >= 11 is 0. The van der Waals surface area contributed by atoms with E-state index in [1.54, 1.807) is 47.9 Å². The summed E-state index contributed by atoms with van der Waals surface area (Å²) < 4.78 is 32.1. The maximum atomic E-state index is 12.6. The summed E-state index contributed by atoms with van der Waals surface area (Å²) in [6.07, 6.45) is 4.48. The molecule has 0 unspecified atom stereocenters. The smallest absolute Gasteiger partial charge is 0.317 e. The van der Waals surface area contributed by atoms with E-state index in [4.69, 9.17) is 4.42 Å². The highest BCUT2D eigenvalue weighted by molar-refractivity contribution is 7.89. The Morgan fingerprint density at radius 2 is 1.85 bits per heavy atom. The fourth-order valence-electron chi connectivity index (χ4n) is 3.05. The zero-order chi connectivity index (χ0) is 19.3. The Labute approximate surface area is 160 Å². The monoisotopic (exact) mass is 391 g/mol. The predicted octanol–water partition coefficient (Wildman–Crippen LogP) is 2.80. The molecule has 27 heavy (non-hydrogen) atoms. The zero-order valence-electron chi connectivity index (χ0n) is 15.4. The number of hydrogen-bond donors (Lipinski definition) is 1. The first-order valence-corrected chi connectivity index (χ1v) is 10.5. The summed E-state index contributed by atoms with van der Waals surface area (Å²) in [5, 5.41) is 2.82. The van der Waals surface area contributed by atoms with Crippen LogP contribution in [0.1, 0.15) is 30.6 Å². The van der Waals surface area contributed by atoms with Crippen LogP contribution in [0.2, 0.25) is 0 Å². The van der Waals surface area contributed by atoms with Gasteiger partial charge in [-0.1, -0.05) is 18.6 Å². The van der Waals surface area contributed by atoms with Crippen LogP contribution < -0.4 is 5.32 Å². The van der Waals surface area contributed by atoms with Gasteiger partial charge in [0.1, 0.15) is 5.76 Å². The van der Waals surface area contributed by atoms with Crippen LogP contribution in [0.5, 0.6) is 0 Å². The van der Waals surface area contributed by atoms with Gasteiger partial charge in [-0.3, -0.25) is 0 Å². The van der Waals surface area contributed by atoms with Crippen molar-refractivity contribution in [3.63, 3.8) is 0 Å². The first-order valence-electron chi connectivity index (χ1n) is 9.07. The standard InChI is InChI=1S/C19H25N3O4S/c1-21(15-17-6-5-13-26-17)19(23)20-14-16-7-9-18(10-8-16)27(24,25)22-11-3-2-4-12-22/h5-10,13H,2-4,11-12,14-15H2,1H3,(H,20,23). The van der Waals surface area contributed by atoms with Crippen LogP contribution in [0.15, 0.2) is 52.0 Å². The molecule has 8 heteroatoms. The molecule has 1 aliphatic rings. The largest absolute Gasteiger partial charge is 0.467 e. The van der Waals surface area contributed by atoms with E-state index in [2.05, 4.69) is 5.32 Å². The number of hydrogen-bond acceptors (Lipinski definition) is 4. The zero-order valence-corrected chi connectivity index (χ0v) is 16.2. The third kappa shape index (κ3) is 4.90. The maximum Gasteiger partial charge on any atom is 0.317 e. The van der Waals surface area contributed by atoms with Gasteiger partial charge in [-0.2, -0.15) is 4.31 Å². The second-order valence-electron chi connectivity index (χ2n) is 6.70. The Kier molecular flexibility index (Phi) is 6.18. The van der Waals surface area contributed by atoms with Gasteiger partial charge in [0.05, 0.1) is 17.7 Å². The minimum absolute atomic E-state index is 0.226. The van der Waals surface area contributed by atoms with Crippen molar-refractivity contribution in [2.45, 2.75) is 37.2 Å². The van der Waals surface area contributed by atoms with Crippen LogP contribution in [0.4, 0.5) is 4.79 Å². The summed E-state index contributed by atoms with van der Waals surface area (Å²) in [4.78, 5) is 14.0. The Morgan fingerprint density at radius 3 is 2.48 bits per heavy atom. The third-order valence-electron chi connectivity index (χ3n) is 4.64. The highest BCUT2D eigenvalue weighted by Gasteiger charge is 2.25. The molecule has 146 valence electrons. The minimum atomic E-state index is -3.43. The molecule has 2 aromatic rings. The van der Waals surface area contributed by atoms with Crippen molar-refractivity contribution in [3.05, 3.63) is 54.0 Å². The van der Waals surface area contributed by atoms with Gasteiger partial charge in [-0.05, 0) is 42.7 Å². The van der Waals surface area contributed by atoms with Crippen LogP contribution in [-0.2, 0) is 23.1 Å². The Hall–Kier alpha value is -2.32. The Morgan fingerprint density at radius 1 is 1.15 bits per heavy atom. The number of carbonyl (C=O) groups excluding carboxylic acids is 1. The number of nitrogens with zero attached hydrogens (tertiary/aromatic N) is 2. The average Bonchev–Trinajstić information content (AvgIpc) is 3.20. The molecule has 3 rings (SSSR count). The molecular formula is C19H25N3O4S. The summed E-state index contributed by atoms with van der Waals surface area (Å²) in [7, 11) is -1.74. The molecular weight excluding hydrogens is 366 g/mol. The quantitative estimate of drug-likeness (QED) is 0.821. The Balaban J connectivity index is 1.55.